The summed E-state index contributed by atoms with van der Waals surface area (Å²) in [6.07, 6.45) is 7.85. The van der Waals surface area contributed by atoms with Crippen molar-refractivity contribution in [2.24, 2.45) is 23.7 Å². The molecule has 0 radical (unpaired) electrons. The van der Waals surface area contributed by atoms with E-state index in [0.717, 1.165) is 6.42 Å². The minimum atomic E-state index is -0.883. The third kappa shape index (κ3) is 2.01. The highest BCUT2D eigenvalue weighted by atomic mass is 16.4. The molecule has 1 saturated carbocycles. The van der Waals surface area contributed by atoms with Crippen molar-refractivity contribution in [3.63, 3.8) is 0 Å². The van der Waals surface area contributed by atoms with Gasteiger partial charge in [-0.3, -0.25) is 14.6 Å². The van der Waals surface area contributed by atoms with Gasteiger partial charge in [0.15, 0.2) is 0 Å². The first-order chi connectivity index (χ1) is 9.16. The summed E-state index contributed by atoms with van der Waals surface area (Å²) in [5, 5.41) is 12.1. The number of carboxylic acid groups (broad SMARTS) is 1. The van der Waals surface area contributed by atoms with Gasteiger partial charge in [0.1, 0.15) is 0 Å². The highest BCUT2D eigenvalue weighted by Gasteiger charge is 2.51. The van der Waals surface area contributed by atoms with Gasteiger partial charge < -0.3 is 10.4 Å². The van der Waals surface area contributed by atoms with Gasteiger partial charge in [-0.15, -0.1) is 0 Å². The number of carbonyl (C=O) groups excluding carboxylic acids is 1. The number of rotatable bonds is 3. The smallest absolute Gasteiger partial charge is 0.307 e. The molecule has 2 N–H and O–H groups in total. The zero-order chi connectivity index (χ0) is 13.4. The Hall–Kier alpha value is -2.17. The van der Waals surface area contributed by atoms with E-state index in [1.165, 1.54) is 0 Å². The number of aromatic nitrogens is 1. The predicted molar refractivity (Wildman–Crippen MR) is 68.2 cm³/mol. The number of pyridine rings is 1. The molecule has 0 saturated heterocycles. The SMILES string of the molecule is O=C(Nc1ccncc1)[C@@H]1[C@H](C(=O)O)[C@H]2C=C[C@H]1C2. The van der Waals surface area contributed by atoms with E-state index in [-0.39, 0.29) is 17.7 Å². The molecular formula is C14H14N2O3. The third-order valence-electron chi connectivity index (χ3n) is 4.00. The number of carbonyl (C=O) groups is 2. The van der Waals surface area contributed by atoms with Crippen LogP contribution in [0.2, 0.25) is 0 Å². The van der Waals surface area contributed by atoms with Crippen LogP contribution in [0.15, 0.2) is 36.7 Å². The van der Waals surface area contributed by atoms with Crippen molar-refractivity contribution in [1.82, 2.24) is 4.98 Å². The molecule has 1 aromatic rings. The second-order valence-corrected chi connectivity index (χ2v) is 5.06. The van der Waals surface area contributed by atoms with Gasteiger partial charge in [-0.25, -0.2) is 0 Å². The molecular weight excluding hydrogens is 244 g/mol. The van der Waals surface area contributed by atoms with Crippen molar-refractivity contribution in [1.29, 1.82) is 0 Å². The van der Waals surface area contributed by atoms with Crippen LogP contribution in [-0.4, -0.2) is 22.0 Å². The maximum absolute atomic E-state index is 12.3. The molecule has 98 valence electrons. The Kier molecular flexibility index (Phi) is 2.81. The monoisotopic (exact) mass is 258 g/mol. The maximum atomic E-state index is 12.3. The van der Waals surface area contributed by atoms with Crippen LogP contribution in [0, 0.1) is 23.7 Å². The van der Waals surface area contributed by atoms with Crippen LogP contribution in [0.4, 0.5) is 5.69 Å². The summed E-state index contributed by atoms with van der Waals surface area (Å²) in [6.45, 7) is 0. The maximum Gasteiger partial charge on any atom is 0.307 e. The molecule has 0 spiro atoms. The van der Waals surface area contributed by atoms with Gasteiger partial charge in [0.25, 0.3) is 0 Å². The molecule has 0 aliphatic heterocycles. The lowest BCUT2D eigenvalue weighted by molar-refractivity contribution is -0.146. The van der Waals surface area contributed by atoms with Gasteiger partial charge in [0.05, 0.1) is 11.8 Å². The largest absolute Gasteiger partial charge is 0.481 e. The highest BCUT2D eigenvalue weighted by Crippen LogP contribution is 2.48. The first-order valence-corrected chi connectivity index (χ1v) is 6.29. The number of nitrogens with one attached hydrogen (secondary N) is 1. The summed E-state index contributed by atoms with van der Waals surface area (Å²) in [7, 11) is 0. The molecule has 1 fully saturated rings. The fourth-order valence-corrected chi connectivity index (χ4v) is 3.18. The third-order valence-corrected chi connectivity index (χ3v) is 4.00. The van der Waals surface area contributed by atoms with E-state index in [4.69, 9.17) is 0 Å². The molecule has 19 heavy (non-hydrogen) atoms. The molecule has 1 aromatic heterocycles. The van der Waals surface area contributed by atoms with Gasteiger partial charge in [0, 0.05) is 18.1 Å². The fraction of sp³-hybridized carbons (Fsp3) is 0.357. The lowest BCUT2D eigenvalue weighted by atomic mass is 9.82. The second-order valence-electron chi connectivity index (χ2n) is 5.06. The first kappa shape index (κ1) is 11.9. The lowest BCUT2D eigenvalue weighted by Gasteiger charge is -2.23. The Morgan fingerprint density at radius 2 is 1.79 bits per heavy atom. The van der Waals surface area contributed by atoms with Gasteiger partial charge in [-0.2, -0.15) is 0 Å². The van der Waals surface area contributed by atoms with Crippen LogP contribution < -0.4 is 5.32 Å². The Balaban J connectivity index is 1.79. The molecule has 5 nitrogen and oxygen atoms in total. The molecule has 1 heterocycles. The van der Waals surface area contributed by atoms with E-state index in [1.54, 1.807) is 24.5 Å². The van der Waals surface area contributed by atoms with Crippen LogP contribution in [0.1, 0.15) is 6.42 Å². The number of hydrogen-bond acceptors (Lipinski definition) is 3. The number of anilines is 1. The molecule has 1 amide bonds. The van der Waals surface area contributed by atoms with Crippen LogP contribution in [0.3, 0.4) is 0 Å². The van der Waals surface area contributed by atoms with E-state index in [1.807, 2.05) is 12.2 Å². The Bertz CT molecular complexity index is 541. The summed E-state index contributed by atoms with van der Waals surface area (Å²) in [5.74, 6) is -2.12. The molecule has 5 heteroatoms. The minimum Gasteiger partial charge on any atom is -0.481 e. The average molecular weight is 258 g/mol. The molecule has 2 aliphatic rings. The molecule has 4 atom stereocenters. The first-order valence-electron chi connectivity index (χ1n) is 6.29. The van der Waals surface area contributed by atoms with Crippen molar-refractivity contribution in [3.8, 4) is 0 Å². The van der Waals surface area contributed by atoms with Gasteiger partial charge in [-0.1, -0.05) is 12.2 Å². The number of fused-ring (bicyclic) bond motifs is 2. The number of allylic oxidation sites excluding steroid dienone is 2. The van der Waals surface area contributed by atoms with Crippen LogP contribution in [0.5, 0.6) is 0 Å². The molecule has 2 aliphatic carbocycles. The van der Waals surface area contributed by atoms with Crippen LogP contribution >= 0.6 is 0 Å². The predicted octanol–water partition coefficient (Wildman–Crippen LogP) is 1.54. The van der Waals surface area contributed by atoms with E-state index in [0.29, 0.717) is 5.69 Å². The van der Waals surface area contributed by atoms with Gasteiger partial charge in [-0.05, 0) is 30.4 Å². The van der Waals surface area contributed by atoms with E-state index < -0.39 is 17.8 Å². The number of hydrogen-bond donors (Lipinski definition) is 2. The van der Waals surface area contributed by atoms with E-state index >= 15 is 0 Å². The summed E-state index contributed by atoms with van der Waals surface area (Å²) in [6, 6.07) is 3.38. The summed E-state index contributed by atoms with van der Waals surface area (Å²) >= 11 is 0. The molecule has 0 unspecified atom stereocenters. The fourth-order valence-electron chi connectivity index (χ4n) is 3.18. The summed E-state index contributed by atoms with van der Waals surface area (Å²) in [5.41, 5.74) is 0.649. The van der Waals surface area contributed by atoms with Crippen molar-refractivity contribution >= 4 is 17.6 Å². The molecule has 2 bridgehead atoms. The summed E-state index contributed by atoms with van der Waals surface area (Å²) in [4.78, 5) is 27.5. The number of nitrogens with zero attached hydrogens (tertiary/aromatic N) is 1. The summed E-state index contributed by atoms with van der Waals surface area (Å²) < 4.78 is 0. The Labute approximate surface area is 110 Å². The number of amides is 1. The zero-order valence-corrected chi connectivity index (χ0v) is 10.2. The number of aliphatic carboxylic acids is 1. The second kappa shape index (κ2) is 4.50. The lowest BCUT2D eigenvalue weighted by Crippen LogP contribution is -2.36. The standard InChI is InChI=1S/C14H14N2O3/c17-13(16-10-3-5-15-6-4-10)11-8-1-2-9(7-8)12(11)14(18)19/h1-6,8-9,11-12H,7H2,(H,18,19)(H,15,16,17)/t8-,9-,11-,12+/m0/s1. The van der Waals surface area contributed by atoms with Gasteiger partial charge >= 0.3 is 5.97 Å². The zero-order valence-electron chi connectivity index (χ0n) is 10.2. The van der Waals surface area contributed by atoms with E-state index in [9.17, 15) is 14.7 Å². The van der Waals surface area contributed by atoms with Gasteiger partial charge in [0.2, 0.25) is 5.91 Å². The van der Waals surface area contributed by atoms with Crippen LogP contribution in [-0.2, 0) is 9.59 Å². The topological polar surface area (TPSA) is 79.3 Å². The molecule has 0 aromatic carbocycles. The van der Waals surface area contributed by atoms with Crippen molar-refractivity contribution in [3.05, 3.63) is 36.7 Å². The van der Waals surface area contributed by atoms with Crippen LogP contribution in [0.25, 0.3) is 0 Å². The number of carboxylic acids is 1. The van der Waals surface area contributed by atoms with E-state index in [2.05, 4.69) is 10.3 Å². The normalized spacial score (nSPS) is 31.4. The quantitative estimate of drug-likeness (QED) is 0.806. The highest BCUT2D eigenvalue weighted by molar-refractivity contribution is 5.96. The van der Waals surface area contributed by atoms with Crippen molar-refractivity contribution in [2.45, 2.75) is 6.42 Å². The van der Waals surface area contributed by atoms with Crippen molar-refractivity contribution in [2.75, 3.05) is 5.32 Å². The Morgan fingerprint density at radius 3 is 2.42 bits per heavy atom. The Morgan fingerprint density at radius 1 is 1.16 bits per heavy atom. The average Bonchev–Trinajstić information content (AvgIpc) is 2.99. The van der Waals surface area contributed by atoms with Crippen molar-refractivity contribution < 1.29 is 14.7 Å². The molecule has 3 rings (SSSR count). The minimum absolute atomic E-state index is 0.00399.